The number of hydrogen-bond acceptors (Lipinski definition) is 2. The lowest BCUT2D eigenvalue weighted by Crippen LogP contribution is -2.61. The van der Waals surface area contributed by atoms with E-state index in [1.165, 1.54) is 38.6 Å². The van der Waals surface area contributed by atoms with Gasteiger partial charge in [-0.3, -0.25) is 4.90 Å². The van der Waals surface area contributed by atoms with Crippen molar-refractivity contribution in [2.45, 2.75) is 38.1 Å². The maximum Gasteiger partial charge on any atom is 0.0843 e. The first kappa shape index (κ1) is 17.3. The minimum Gasteiger partial charge on any atom is -0.368 e. The van der Waals surface area contributed by atoms with Gasteiger partial charge >= 0.3 is 0 Å². The Hall–Kier alpha value is -0.480. The van der Waals surface area contributed by atoms with Crippen molar-refractivity contribution >= 4 is 28.9 Å². The van der Waals surface area contributed by atoms with E-state index in [0.29, 0.717) is 16.1 Å². The first-order valence-electron chi connectivity index (χ1n) is 8.88. The third-order valence-corrected chi connectivity index (χ3v) is 6.27. The number of halogens is 2. The average molecular weight is 357 g/mol. The van der Waals surface area contributed by atoms with Gasteiger partial charge in [0.25, 0.3) is 0 Å². The summed E-state index contributed by atoms with van der Waals surface area (Å²) in [6, 6.07) is 6.61. The van der Waals surface area contributed by atoms with Gasteiger partial charge in [0.2, 0.25) is 0 Å². The summed E-state index contributed by atoms with van der Waals surface area (Å²) in [5.41, 5.74) is 5.27. The van der Waals surface area contributed by atoms with Gasteiger partial charge in [0, 0.05) is 26.2 Å². The smallest absolute Gasteiger partial charge is 0.0843 e. The summed E-state index contributed by atoms with van der Waals surface area (Å²) in [5.74, 6) is 0.924. The second-order valence-corrected chi connectivity index (χ2v) is 7.86. The maximum atomic E-state index is 6.35. The average Bonchev–Trinajstić information content (AvgIpc) is 2.57. The molecule has 0 spiro atoms. The van der Waals surface area contributed by atoms with E-state index in [1.807, 2.05) is 12.1 Å². The fourth-order valence-corrected chi connectivity index (χ4v) is 4.25. The van der Waals surface area contributed by atoms with Gasteiger partial charge in [-0.25, -0.2) is 0 Å². The number of anilines is 1. The molecule has 0 bridgehead atoms. The lowest BCUT2D eigenvalue weighted by atomic mass is 9.84. The largest absolute Gasteiger partial charge is 0.368 e. The Kier molecular flexibility index (Phi) is 6.08. The van der Waals surface area contributed by atoms with Crippen LogP contribution in [-0.4, -0.2) is 43.7 Å². The monoisotopic (exact) mass is 356 g/mol. The molecule has 0 radical (unpaired) electrons. The zero-order chi connectivity index (χ0) is 16.2. The summed E-state index contributed by atoms with van der Waals surface area (Å²) in [6.07, 6.45) is 6.76. The van der Waals surface area contributed by atoms with Crippen LogP contribution in [0, 0.1) is 5.92 Å². The summed E-state index contributed by atoms with van der Waals surface area (Å²) < 4.78 is 0. The van der Waals surface area contributed by atoms with E-state index < -0.39 is 0 Å². The second-order valence-electron chi connectivity index (χ2n) is 7.08. The highest BCUT2D eigenvalue weighted by Gasteiger charge is 2.23. The molecule has 0 amide bonds. The van der Waals surface area contributed by atoms with Crippen molar-refractivity contribution in [3.63, 3.8) is 0 Å². The van der Waals surface area contributed by atoms with Crippen LogP contribution < -0.4 is 10.6 Å². The van der Waals surface area contributed by atoms with Crippen molar-refractivity contribution in [2.75, 3.05) is 37.6 Å². The van der Waals surface area contributed by atoms with Crippen LogP contribution in [-0.2, 0) is 0 Å². The normalized spacial score (nSPS) is 26.5. The Morgan fingerprint density at radius 1 is 1.00 bits per heavy atom. The maximum absolute atomic E-state index is 6.35. The highest BCUT2D eigenvalue weighted by molar-refractivity contribution is 6.43. The second kappa shape index (κ2) is 8.06. The van der Waals surface area contributed by atoms with E-state index in [-0.39, 0.29) is 0 Å². The molecular weight excluding hydrogens is 329 g/mol. The van der Waals surface area contributed by atoms with Crippen LogP contribution >= 0.6 is 23.2 Å². The van der Waals surface area contributed by atoms with Crippen LogP contribution in [0.2, 0.25) is 10.0 Å². The SMILES string of the molecule is [NH3+]C1CCC(CCN2CCN(c3cccc(Cl)c3Cl)CC2)CC1. The lowest BCUT2D eigenvalue weighted by molar-refractivity contribution is -0.426. The molecule has 1 heterocycles. The zero-order valence-electron chi connectivity index (χ0n) is 13.8. The molecule has 0 unspecified atom stereocenters. The number of nitrogens with zero attached hydrogens (tertiary/aromatic N) is 2. The van der Waals surface area contributed by atoms with E-state index in [9.17, 15) is 0 Å². The predicted molar refractivity (Wildman–Crippen MR) is 98.4 cm³/mol. The molecule has 2 aliphatic rings. The van der Waals surface area contributed by atoms with E-state index in [4.69, 9.17) is 23.2 Å². The summed E-state index contributed by atoms with van der Waals surface area (Å²) in [4.78, 5) is 4.96. The van der Waals surface area contributed by atoms with Gasteiger partial charge < -0.3 is 10.6 Å². The molecular formula is C18H28Cl2N3+. The van der Waals surface area contributed by atoms with Crippen molar-refractivity contribution in [1.29, 1.82) is 0 Å². The first-order valence-corrected chi connectivity index (χ1v) is 9.63. The molecule has 1 aliphatic heterocycles. The third-order valence-electron chi connectivity index (χ3n) is 5.46. The number of benzene rings is 1. The highest BCUT2D eigenvalue weighted by Crippen LogP contribution is 2.33. The fraction of sp³-hybridized carbons (Fsp3) is 0.667. The third kappa shape index (κ3) is 4.54. The topological polar surface area (TPSA) is 34.1 Å². The fourth-order valence-electron chi connectivity index (χ4n) is 3.83. The van der Waals surface area contributed by atoms with E-state index in [0.717, 1.165) is 37.8 Å². The van der Waals surface area contributed by atoms with Crippen LogP contribution in [0.5, 0.6) is 0 Å². The van der Waals surface area contributed by atoms with Crippen LogP contribution in [0.1, 0.15) is 32.1 Å². The van der Waals surface area contributed by atoms with Crippen LogP contribution in [0.3, 0.4) is 0 Å². The number of quaternary nitrogens is 1. The van der Waals surface area contributed by atoms with Gasteiger partial charge in [-0.15, -0.1) is 0 Å². The molecule has 128 valence electrons. The Labute approximate surface area is 149 Å². The molecule has 0 atom stereocenters. The number of piperazine rings is 1. The highest BCUT2D eigenvalue weighted by atomic mass is 35.5. The number of hydrogen-bond donors (Lipinski definition) is 1. The van der Waals surface area contributed by atoms with E-state index >= 15 is 0 Å². The van der Waals surface area contributed by atoms with Crippen LogP contribution in [0.4, 0.5) is 5.69 Å². The molecule has 3 nitrogen and oxygen atoms in total. The molecule has 1 saturated carbocycles. The Morgan fingerprint density at radius 2 is 1.70 bits per heavy atom. The molecule has 1 aromatic carbocycles. The van der Waals surface area contributed by atoms with Crippen molar-refractivity contribution in [1.82, 2.24) is 4.90 Å². The van der Waals surface area contributed by atoms with Crippen molar-refractivity contribution in [3.05, 3.63) is 28.2 Å². The minimum absolute atomic E-state index is 0.646. The first-order chi connectivity index (χ1) is 11.1. The molecule has 1 aromatic rings. The Bertz CT molecular complexity index is 507. The summed E-state index contributed by atoms with van der Waals surface area (Å²) in [6.45, 7) is 5.54. The van der Waals surface area contributed by atoms with Gasteiger partial charge in [-0.05, 0) is 56.7 Å². The van der Waals surface area contributed by atoms with E-state index in [2.05, 4.69) is 21.6 Å². The van der Waals surface area contributed by atoms with Crippen molar-refractivity contribution in [2.24, 2.45) is 5.92 Å². The standard InChI is InChI=1S/C18H27Cl2N3/c19-16-2-1-3-17(18(16)20)23-12-10-22(11-13-23)9-8-14-4-6-15(21)7-5-14/h1-3,14-15H,4-13,21H2/p+1. The van der Waals surface area contributed by atoms with Gasteiger partial charge in [-0.2, -0.15) is 0 Å². The van der Waals surface area contributed by atoms with Crippen molar-refractivity contribution in [3.8, 4) is 0 Å². The quantitative estimate of drug-likeness (QED) is 0.897. The number of rotatable bonds is 4. The molecule has 1 saturated heterocycles. The van der Waals surface area contributed by atoms with Crippen LogP contribution in [0.25, 0.3) is 0 Å². The minimum atomic E-state index is 0.646. The molecule has 1 aliphatic carbocycles. The van der Waals surface area contributed by atoms with Gasteiger partial charge in [-0.1, -0.05) is 29.3 Å². The summed E-state index contributed by atoms with van der Waals surface area (Å²) in [7, 11) is 0. The predicted octanol–water partition coefficient (Wildman–Crippen LogP) is 3.31. The molecule has 23 heavy (non-hydrogen) atoms. The summed E-state index contributed by atoms with van der Waals surface area (Å²) >= 11 is 12.5. The summed E-state index contributed by atoms with van der Waals surface area (Å²) in [5, 5.41) is 1.33. The van der Waals surface area contributed by atoms with Crippen molar-refractivity contribution < 1.29 is 5.73 Å². The lowest BCUT2D eigenvalue weighted by Gasteiger charge is -2.37. The van der Waals surface area contributed by atoms with E-state index in [1.54, 1.807) is 0 Å². The zero-order valence-corrected chi connectivity index (χ0v) is 15.3. The Morgan fingerprint density at radius 3 is 2.39 bits per heavy atom. The molecule has 3 N–H and O–H groups in total. The molecule has 2 fully saturated rings. The van der Waals surface area contributed by atoms with Crippen LogP contribution in [0.15, 0.2) is 18.2 Å². The van der Waals surface area contributed by atoms with Gasteiger partial charge in [0.05, 0.1) is 21.8 Å². The molecule has 0 aromatic heterocycles. The van der Waals surface area contributed by atoms with Gasteiger partial charge in [0.15, 0.2) is 0 Å². The van der Waals surface area contributed by atoms with Gasteiger partial charge in [0.1, 0.15) is 0 Å². The molecule has 5 heteroatoms. The Balaban J connectivity index is 1.44. The molecule has 3 rings (SSSR count).